The van der Waals surface area contributed by atoms with Gasteiger partial charge in [-0.25, -0.2) is 18.1 Å². The first-order valence-electron chi connectivity index (χ1n) is 6.44. The van der Waals surface area contributed by atoms with E-state index in [-0.39, 0.29) is 11.3 Å². The molecule has 0 spiro atoms. The van der Waals surface area contributed by atoms with Crippen LogP contribution in [0.1, 0.15) is 30.9 Å². The van der Waals surface area contributed by atoms with Gasteiger partial charge in [0.25, 0.3) is 0 Å². The Balaban J connectivity index is 1.78. The number of fused-ring (bicyclic) bond motifs is 1. The molecule has 0 amide bonds. The summed E-state index contributed by atoms with van der Waals surface area (Å²) in [6.45, 7) is 0.694. The Hall–Kier alpha value is -0.950. The lowest BCUT2D eigenvalue weighted by atomic mass is 10.1. The molecule has 3 heterocycles. The molecule has 18 heavy (non-hydrogen) atoms. The number of rotatable bonds is 2. The van der Waals surface area contributed by atoms with Gasteiger partial charge >= 0.3 is 0 Å². The van der Waals surface area contributed by atoms with E-state index >= 15 is 0 Å². The predicted molar refractivity (Wildman–Crippen MR) is 66.8 cm³/mol. The summed E-state index contributed by atoms with van der Waals surface area (Å²) in [7, 11) is -2.91. The molecular weight excluding hydrogens is 252 g/mol. The average Bonchev–Trinajstić information content (AvgIpc) is 2.82. The Morgan fingerprint density at radius 3 is 2.94 bits per heavy atom. The smallest absolute Gasteiger partial charge is 0.153 e. The molecule has 7 heteroatoms. The third kappa shape index (κ3) is 2.16. The van der Waals surface area contributed by atoms with Gasteiger partial charge in [-0.05, 0) is 19.3 Å². The lowest BCUT2D eigenvalue weighted by molar-refractivity contribution is 0.420. The fourth-order valence-electron chi connectivity index (χ4n) is 2.76. The standard InChI is InChI=1S/C11H18N4O2S/c12-8-3-4-11-13-10(14-15(11)7-8)6-9-2-1-5-18(9,16)17/h8-9H,1-7,12H2. The lowest BCUT2D eigenvalue weighted by Gasteiger charge is -2.17. The predicted octanol–water partition coefficient (Wildman–Crippen LogP) is -0.329. The van der Waals surface area contributed by atoms with Gasteiger partial charge in [0.05, 0.1) is 17.5 Å². The molecule has 1 fully saturated rings. The summed E-state index contributed by atoms with van der Waals surface area (Å²) in [5.74, 6) is 1.92. The molecule has 0 aromatic carbocycles. The molecule has 2 unspecified atom stereocenters. The second-order valence-corrected chi connectivity index (χ2v) is 7.66. The molecule has 1 aromatic heterocycles. The van der Waals surface area contributed by atoms with Gasteiger partial charge in [0.15, 0.2) is 15.7 Å². The minimum atomic E-state index is -2.91. The van der Waals surface area contributed by atoms with Gasteiger partial charge in [-0.1, -0.05) is 0 Å². The fraction of sp³-hybridized carbons (Fsp3) is 0.818. The number of sulfone groups is 1. The lowest BCUT2D eigenvalue weighted by Crippen LogP contribution is -2.32. The van der Waals surface area contributed by atoms with Crippen molar-refractivity contribution in [2.45, 2.75) is 49.9 Å². The van der Waals surface area contributed by atoms with E-state index in [9.17, 15) is 8.42 Å². The Bertz CT molecular complexity index is 551. The number of hydrogen-bond donors (Lipinski definition) is 1. The molecule has 0 bridgehead atoms. The van der Waals surface area contributed by atoms with Gasteiger partial charge in [-0.15, -0.1) is 0 Å². The Morgan fingerprint density at radius 1 is 1.39 bits per heavy atom. The summed E-state index contributed by atoms with van der Waals surface area (Å²) >= 11 is 0. The molecule has 1 aromatic rings. The van der Waals surface area contributed by atoms with Crippen molar-refractivity contribution in [1.29, 1.82) is 0 Å². The van der Waals surface area contributed by atoms with Crippen molar-refractivity contribution in [3.8, 4) is 0 Å². The number of nitrogens with zero attached hydrogens (tertiary/aromatic N) is 3. The third-order valence-electron chi connectivity index (χ3n) is 3.81. The van der Waals surface area contributed by atoms with E-state index in [4.69, 9.17) is 5.73 Å². The van der Waals surface area contributed by atoms with Crippen LogP contribution in [0.15, 0.2) is 0 Å². The van der Waals surface area contributed by atoms with E-state index in [2.05, 4.69) is 10.1 Å². The zero-order valence-electron chi connectivity index (χ0n) is 10.2. The highest BCUT2D eigenvalue weighted by Gasteiger charge is 2.32. The monoisotopic (exact) mass is 270 g/mol. The number of hydrogen-bond acceptors (Lipinski definition) is 5. The Labute approximate surface area is 106 Å². The molecule has 0 aliphatic carbocycles. The van der Waals surface area contributed by atoms with Gasteiger partial charge in [-0.2, -0.15) is 5.10 Å². The maximum Gasteiger partial charge on any atom is 0.153 e. The summed E-state index contributed by atoms with van der Waals surface area (Å²) in [5, 5.41) is 4.11. The quantitative estimate of drug-likeness (QED) is 0.794. The van der Waals surface area contributed by atoms with Gasteiger partial charge in [0, 0.05) is 18.9 Å². The van der Waals surface area contributed by atoms with E-state index in [1.807, 2.05) is 4.68 Å². The van der Waals surface area contributed by atoms with Crippen molar-refractivity contribution in [3.05, 3.63) is 11.6 Å². The largest absolute Gasteiger partial charge is 0.326 e. The van der Waals surface area contributed by atoms with Gasteiger partial charge in [-0.3, -0.25) is 0 Å². The molecule has 0 radical (unpaired) electrons. The molecule has 2 N–H and O–H groups in total. The molecule has 1 saturated heterocycles. The van der Waals surface area contributed by atoms with Crippen LogP contribution in [0.3, 0.4) is 0 Å². The number of aryl methyl sites for hydroxylation is 1. The van der Waals surface area contributed by atoms with Crippen LogP contribution in [0.2, 0.25) is 0 Å². The van der Waals surface area contributed by atoms with Crippen molar-refractivity contribution in [2.75, 3.05) is 5.75 Å². The average molecular weight is 270 g/mol. The maximum atomic E-state index is 11.8. The molecular formula is C11H18N4O2S. The second kappa shape index (κ2) is 4.31. The van der Waals surface area contributed by atoms with Crippen LogP contribution >= 0.6 is 0 Å². The highest BCUT2D eigenvalue weighted by Crippen LogP contribution is 2.23. The van der Waals surface area contributed by atoms with E-state index in [0.717, 1.165) is 31.5 Å². The first kappa shape index (κ1) is 12.1. The molecule has 6 nitrogen and oxygen atoms in total. The van der Waals surface area contributed by atoms with Crippen molar-refractivity contribution in [2.24, 2.45) is 5.73 Å². The maximum absolute atomic E-state index is 11.8. The van der Waals surface area contributed by atoms with E-state index in [1.54, 1.807) is 0 Å². The SMILES string of the molecule is NC1CCc2nc(CC3CCCS3(=O)=O)nn2C1. The van der Waals surface area contributed by atoms with Crippen LogP contribution in [0, 0.1) is 0 Å². The van der Waals surface area contributed by atoms with Gasteiger partial charge < -0.3 is 5.73 Å². The highest BCUT2D eigenvalue weighted by atomic mass is 32.2. The van der Waals surface area contributed by atoms with E-state index in [0.29, 0.717) is 24.5 Å². The van der Waals surface area contributed by atoms with Crippen LogP contribution in [-0.2, 0) is 29.2 Å². The molecule has 100 valence electrons. The minimum absolute atomic E-state index is 0.141. The summed E-state index contributed by atoms with van der Waals surface area (Å²) in [6.07, 6.45) is 3.74. The van der Waals surface area contributed by atoms with Crippen LogP contribution in [0.4, 0.5) is 0 Å². The summed E-state index contributed by atoms with van der Waals surface area (Å²) in [6, 6.07) is 0.141. The normalized spacial score (nSPS) is 30.3. The number of nitrogens with two attached hydrogens (primary N) is 1. The summed E-state index contributed by atoms with van der Waals surface area (Å²) in [4.78, 5) is 4.45. The van der Waals surface area contributed by atoms with Crippen LogP contribution in [0.25, 0.3) is 0 Å². The molecule has 3 rings (SSSR count). The van der Waals surface area contributed by atoms with Crippen molar-refractivity contribution in [1.82, 2.24) is 14.8 Å². The molecule has 2 atom stereocenters. The Kier molecular flexibility index (Phi) is 2.90. The van der Waals surface area contributed by atoms with Crippen molar-refractivity contribution < 1.29 is 8.42 Å². The van der Waals surface area contributed by atoms with Crippen LogP contribution < -0.4 is 5.73 Å². The van der Waals surface area contributed by atoms with E-state index in [1.165, 1.54) is 0 Å². The first-order chi connectivity index (χ1) is 8.54. The van der Waals surface area contributed by atoms with Crippen LogP contribution in [-0.4, -0.2) is 40.2 Å². The topological polar surface area (TPSA) is 90.9 Å². The van der Waals surface area contributed by atoms with Gasteiger partial charge in [0.2, 0.25) is 0 Å². The Morgan fingerprint density at radius 2 is 2.22 bits per heavy atom. The fourth-order valence-corrected chi connectivity index (χ4v) is 4.59. The highest BCUT2D eigenvalue weighted by molar-refractivity contribution is 7.92. The summed E-state index contributed by atoms with van der Waals surface area (Å²) < 4.78 is 25.4. The second-order valence-electron chi connectivity index (χ2n) is 5.26. The molecule has 2 aliphatic rings. The number of aromatic nitrogens is 3. The first-order valence-corrected chi connectivity index (χ1v) is 8.16. The molecule has 2 aliphatic heterocycles. The zero-order valence-corrected chi connectivity index (χ0v) is 11.1. The summed E-state index contributed by atoms with van der Waals surface area (Å²) in [5.41, 5.74) is 5.88. The molecule has 0 saturated carbocycles. The third-order valence-corrected chi connectivity index (χ3v) is 6.09. The van der Waals surface area contributed by atoms with Crippen molar-refractivity contribution in [3.63, 3.8) is 0 Å². The minimum Gasteiger partial charge on any atom is -0.326 e. The van der Waals surface area contributed by atoms with E-state index < -0.39 is 9.84 Å². The van der Waals surface area contributed by atoms with Crippen molar-refractivity contribution >= 4 is 9.84 Å². The zero-order chi connectivity index (χ0) is 12.8. The van der Waals surface area contributed by atoms with Crippen LogP contribution in [0.5, 0.6) is 0 Å². The van der Waals surface area contributed by atoms with Gasteiger partial charge in [0.1, 0.15) is 5.82 Å².